The molecule has 16 heavy (non-hydrogen) atoms. The number of hydrogen-bond donors (Lipinski definition) is 1. The summed E-state index contributed by atoms with van der Waals surface area (Å²) in [5.74, 6) is -0.141. The Labute approximate surface area is 105 Å². The van der Waals surface area contributed by atoms with Crippen LogP contribution in [0.25, 0.3) is 6.08 Å². The van der Waals surface area contributed by atoms with Crippen molar-refractivity contribution >= 4 is 35.2 Å². The molecular formula is C12H13Cl2NO. The normalized spacial score (nSPS) is 10.7. The van der Waals surface area contributed by atoms with E-state index < -0.39 is 0 Å². The molecule has 1 aromatic rings. The molecule has 1 N–H and O–H groups in total. The van der Waals surface area contributed by atoms with Gasteiger partial charge in [0.1, 0.15) is 0 Å². The highest BCUT2D eigenvalue weighted by atomic mass is 35.5. The third-order valence-electron chi connectivity index (χ3n) is 1.95. The molecule has 0 aliphatic rings. The molecule has 0 radical (unpaired) electrons. The minimum atomic E-state index is -0.141. The first-order valence-corrected chi connectivity index (χ1v) is 5.80. The number of rotatable bonds is 4. The fraction of sp³-hybridized carbons (Fsp3) is 0.250. The summed E-state index contributed by atoms with van der Waals surface area (Å²) >= 11 is 11.9. The van der Waals surface area contributed by atoms with E-state index in [1.807, 2.05) is 6.92 Å². The molecule has 0 unspecified atom stereocenters. The molecule has 1 rings (SSSR count). The fourth-order valence-electron chi connectivity index (χ4n) is 1.14. The van der Waals surface area contributed by atoms with Gasteiger partial charge in [-0.05, 0) is 24.6 Å². The summed E-state index contributed by atoms with van der Waals surface area (Å²) in [5.41, 5.74) is 0.664. The van der Waals surface area contributed by atoms with Crippen LogP contribution in [0.3, 0.4) is 0 Å². The molecular weight excluding hydrogens is 245 g/mol. The molecule has 0 bridgehead atoms. The van der Waals surface area contributed by atoms with E-state index in [2.05, 4.69) is 5.32 Å². The van der Waals surface area contributed by atoms with Crippen molar-refractivity contribution in [2.45, 2.75) is 13.3 Å². The number of benzene rings is 1. The van der Waals surface area contributed by atoms with E-state index in [0.29, 0.717) is 22.2 Å². The lowest BCUT2D eigenvalue weighted by atomic mass is 10.2. The van der Waals surface area contributed by atoms with Gasteiger partial charge in [-0.25, -0.2) is 0 Å². The van der Waals surface area contributed by atoms with Crippen molar-refractivity contribution in [2.24, 2.45) is 0 Å². The Balaban J connectivity index is 2.72. The lowest BCUT2D eigenvalue weighted by Crippen LogP contribution is -2.21. The van der Waals surface area contributed by atoms with Gasteiger partial charge in [0, 0.05) is 28.2 Å². The summed E-state index contributed by atoms with van der Waals surface area (Å²) < 4.78 is 0. The average molecular weight is 258 g/mol. The highest BCUT2D eigenvalue weighted by molar-refractivity contribution is 6.37. The van der Waals surface area contributed by atoms with Gasteiger partial charge >= 0.3 is 0 Å². The second kappa shape index (κ2) is 6.56. The van der Waals surface area contributed by atoms with E-state index in [4.69, 9.17) is 23.2 Å². The zero-order chi connectivity index (χ0) is 12.0. The summed E-state index contributed by atoms with van der Waals surface area (Å²) in [5, 5.41) is 3.80. The maximum atomic E-state index is 11.3. The molecule has 0 heterocycles. The van der Waals surface area contributed by atoms with Gasteiger partial charge < -0.3 is 5.32 Å². The minimum absolute atomic E-state index is 0.141. The first-order valence-electron chi connectivity index (χ1n) is 5.05. The molecule has 1 amide bonds. The monoisotopic (exact) mass is 257 g/mol. The van der Waals surface area contributed by atoms with E-state index >= 15 is 0 Å². The molecule has 0 spiro atoms. The Morgan fingerprint density at radius 1 is 1.38 bits per heavy atom. The van der Waals surface area contributed by atoms with Crippen molar-refractivity contribution in [3.8, 4) is 0 Å². The van der Waals surface area contributed by atoms with Gasteiger partial charge in [-0.3, -0.25) is 4.79 Å². The van der Waals surface area contributed by atoms with Gasteiger partial charge in [0.25, 0.3) is 0 Å². The molecule has 0 fully saturated rings. The van der Waals surface area contributed by atoms with Crippen LogP contribution >= 0.6 is 23.2 Å². The first kappa shape index (κ1) is 13.1. The van der Waals surface area contributed by atoms with Crippen LogP contribution in [0.4, 0.5) is 0 Å². The Bertz CT molecular complexity index is 382. The summed E-state index contributed by atoms with van der Waals surface area (Å²) in [6.07, 6.45) is 3.96. The number of carbonyl (C=O) groups is 1. The van der Waals surface area contributed by atoms with Crippen LogP contribution in [0.2, 0.25) is 10.0 Å². The first-order chi connectivity index (χ1) is 7.65. The average Bonchev–Trinajstić information content (AvgIpc) is 2.25. The van der Waals surface area contributed by atoms with Crippen molar-refractivity contribution in [3.05, 3.63) is 39.9 Å². The Morgan fingerprint density at radius 2 is 2.00 bits per heavy atom. The molecule has 0 aromatic heterocycles. The molecule has 2 nitrogen and oxygen atoms in total. The van der Waals surface area contributed by atoms with E-state index in [0.717, 1.165) is 6.42 Å². The van der Waals surface area contributed by atoms with Gasteiger partial charge in [-0.15, -0.1) is 0 Å². The summed E-state index contributed by atoms with van der Waals surface area (Å²) in [6, 6.07) is 5.23. The fourth-order valence-corrected chi connectivity index (χ4v) is 1.66. The third kappa shape index (κ3) is 3.87. The molecule has 0 atom stereocenters. The van der Waals surface area contributed by atoms with E-state index in [1.54, 1.807) is 24.3 Å². The van der Waals surface area contributed by atoms with Crippen molar-refractivity contribution in [3.63, 3.8) is 0 Å². The lowest BCUT2D eigenvalue weighted by Gasteiger charge is -2.01. The highest BCUT2D eigenvalue weighted by Gasteiger charge is 2.01. The maximum Gasteiger partial charge on any atom is 0.244 e. The molecule has 4 heteroatoms. The number of nitrogens with one attached hydrogen (secondary N) is 1. The Hall–Kier alpha value is -0.990. The van der Waals surface area contributed by atoms with Gasteiger partial charge in [-0.1, -0.05) is 36.2 Å². The van der Waals surface area contributed by atoms with Crippen LogP contribution < -0.4 is 5.32 Å². The summed E-state index contributed by atoms with van der Waals surface area (Å²) in [6.45, 7) is 2.66. The molecule has 0 saturated carbocycles. The van der Waals surface area contributed by atoms with Gasteiger partial charge in [0.2, 0.25) is 5.91 Å². The zero-order valence-corrected chi connectivity index (χ0v) is 10.5. The molecule has 0 saturated heterocycles. The molecule has 0 aliphatic carbocycles. The smallest absolute Gasteiger partial charge is 0.244 e. The second-order valence-electron chi connectivity index (χ2n) is 3.26. The zero-order valence-electron chi connectivity index (χ0n) is 8.97. The van der Waals surface area contributed by atoms with E-state index in [9.17, 15) is 4.79 Å². The number of halogens is 2. The highest BCUT2D eigenvalue weighted by Crippen LogP contribution is 2.25. The second-order valence-corrected chi connectivity index (χ2v) is 4.07. The number of carbonyl (C=O) groups excluding carboxylic acids is 1. The standard InChI is InChI=1S/C12H13Cl2NO/c1-2-8-15-12(16)7-6-9-10(13)4-3-5-11(9)14/h3-7H,2,8H2,1H3,(H,15,16)/b7-6-. The number of hydrogen-bond acceptors (Lipinski definition) is 1. The Morgan fingerprint density at radius 3 is 2.56 bits per heavy atom. The predicted octanol–water partition coefficient (Wildman–Crippen LogP) is 3.53. The Kier molecular flexibility index (Phi) is 5.36. The summed E-state index contributed by atoms with van der Waals surface area (Å²) in [4.78, 5) is 11.3. The van der Waals surface area contributed by atoms with Crippen LogP contribution in [0, 0.1) is 0 Å². The summed E-state index contributed by atoms with van der Waals surface area (Å²) in [7, 11) is 0. The van der Waals surface area contributed by atoms with E-state index in [1.165, 1.54) is 6.08 Å². The molecule has 0 aliphatic heterocycles. The van der Waals surface area contributed by atoms with Crippen molar-refractivity contribution in [1.82, 2.24) is 5.32 Å². The third-order valence-corrected chi connectivity index (χ3v) is 2.61. The quantitative estimate of drug-likeness (QED) is 0.822. The van der Waals surface area contributed by atoms with Crippen LogP contribution in [-0.2, 0) is 4.79 Å². The van der Waals surface area contributed by atoms with E-state index in [-0.39, 0.29) is 5.91 Å². The predicted molar refractivity (Wildman–Crippen MR) is 68.8 cm³/mol. The maximum absolute atomic E-state index is 11.3. The van der Waals surface area contributed by atoms with Gasteiger partial charge in [0.15, 0.2) is 0 Å². The van der Waals surface area contributed by atoms with Gasteiger partial charge in [-0.2, -0.15) is 0 Å². The van der Waals surface area contributed by atoms with Crippen LogP contribution in [-0.4, -0.2) is 12.5 Å². The topological polar surface area (TPSA) is 29.1 Å². The van der Waals surface area contributed by atoms with Crippen molar-refractivity contribution in [1.29, 1.82) is 0 Å². The van der Waals surface area contributed by atoms with Crippen molar-refractivity contribution in [2.75, 3.05) is 6.54 Å². The van der Waals surface area contributed by atoms with Crippen LogP contribution in [0.15, 0.2) is 24.3 Å². The molecule has 1 aromatic carbocycles. The number of amides is 1. The van der Waals surface area contributed by atoms with Crippen LogP contribution in [0.5, 0.6) is 0 Å². The largest absolute Gasteiger partial charge is 0.353 e. The van der Waals surface area contributed by atoms with Crippen molar-refractivity contribution < 1.29 is 4.79 Å². The molecule has 86 valence electrons. The van der Waals surface area contributed by atoms with Gasteiger partial charge in [0.05, 0.1) is 0 Å². The lowest BCUT2D eigenvalue weighted by molar-refractivity contribution is -0.116. The van der Waals surface area contributed by atoms with Crippen LogP contribution in [0.1, 0.15) is 18.9 Å². The minimum Gasteiger partial charge on any atom is -0.353 e. The SMILES string of the molecule is CCCNC(=O)/C=C\c1c(Cl)cccc1Cl.